The first-order valence-electron chi connectivity index (χ1n) is 5.90. The third-order valence-electron chi connectivity index (χ3n) is 2.28. The molecule has 5 N–H and O–H groups in total. The number of rotatable bonds is 7. The van der Waals surface area contributed by atoms with Crippen LogP contribution in [0.25, 0.3) is 0 Å². The average Bonchev–Trinajstić information content (AvgIpc) is 2.40. The minimum Gasteiger partial charge on any atom is -0.394 e. The number of aliphatic hydroxyl groups excluding tert-OH is 1. The molecule has 0 unspecified atom stereocenters. The fourth-order valence-corrected chi connectivity index (χ4v) is 2.05. The Hall–Kier alpha value is -1.39. The summed E-state index contributed by atoms with van der Waals surface area (Å²) in [5.41, 5.74) is 0.122. The molecule has 0 spiro atoms. The van der Waals surface area contributed by atoms with Crippen LogP contribution in [0, 0.1) is 0 Å². The summed E-state index contributed by atoms with van der Waals surface area (Å²) in [7, 11) is -3.88. The predicted molar refractivity (Wildman–Crippen MR) is 77.8 cm³/mol. The maximum absolute atomic E-state index is 11.6. The van der Waals surface area contributed by atoms with Crippen molar-refractivity contribution in [3.63, 3.8) is 0 Å². The van der Waals surface area contributed by atoms with E-state index in [0.29, 0.717) is 0 Å². The fourth-order valence-electron chi connectivity index (χ4n) is 1.35. The lowest BCUT2D eigenvalue weighted by molar-refractivity contribution is 0.0950. The molecule has 21 heavy (non-hydrogen) atoms. The second kappa shape index (κ2) is 8.15. The maximum atomic E-state index is 11.6. The van der Waals surface area contributed by atoms with Gasteiger partial charge < -0.3 is 20.5 Å². The highest BCUT2D eigenvalue weighted by atomic mass is 35.5. The van der Waals surface area contributed by atoms with Gasteiger partial charge in [-0.2, -0.15) is 0 Å². The highest BCUT2D eigenvalue weighted by Gasteiger charge is 2.12. The molecule has 0 atom stereocenters. The number of primary sulfonamides is 1. The molecule has 0 aliphatic rings. The first-order chi connectivity index (χ1) is 9.84. The van der Waals surface area contributed by atoms with Crippen LogP contribution in [0.2, 0.25) is 5.02 Å². The first-order valence-corrected chi connectivity index (χ1v) is 7.83. The summed E-state index contributed by atoms with van der Waals surface area (Å²) < 4.78 is 27.4. The Labute approximate surface area is 127 Å². The van der Waals surface area contributed by atoms with Gasteiger partial charge in [0.25, 0.3) is 0 Å². The Morgan fingerprint density at radius 1 is 1.38 bits per heavy atom. The van der Waals surface area contributed by atoms with Gasteiger partial charge in [-0.05, 0) is 18.2 Å². The molecule has 0 aliphatic heterocycles. The summed E-state index contributed by atoms with van der Waals surface area (Å²) in [6.45, 7) is 0.547. The van der Waals surface area contributed by atoms with Crippen molar-refractivity contribution in [1.82, 2.24) is 5.32 Å². The third kappa shape index (κ3) is 6.27. The molecule has 1 rings (SSSR count). The number of sulfonamides is 1. The fraction of sp³-hybridized carbons (Fsp3) is 0.364. The molecule has 1 aromatic carbocycles. The molecule has 0 saturated carbocycles. The number of hydrogen-bond acceptors (Lipinski definition) is 5. The topological polar surface area (TPSA) is 131 Å². The molecule has 0 saturated heterocycles. The van der Waals surface area contributed by atoms with Crippen LogP contribution in [0.5, 0.6) is 0 Å². The molecule has 0 aromatic heterocycles. The highest BCUT2D eigenvalue weighted by Crippen LogP contribution is 2.24. The zero-order valence-electron chi connectivity index (χ0n) is 11.0. The number of aliphatic hydroxyl groups is 1. The van der Waals surface area contributed by atoms with Gasteiger partial charge in [0.15, 0.2) is 0 Å². The van der Waals surface area contributed by atoms with Crippen LogP contribution in [0.3, 0.4) is 0 Å². The summed E-state index contributed by atoms with van der Waals surface area (Å²) in [6, 6.07) is 3.15. The third-order valence-corrected chi connectivity index (χ3v) is 3.52. The van der Waals surface area contributed by atoms with Gasteiger partial charge >= 0.3 is 6.03 Å². The zero-order valence-corrected chi connectivity index (χ0v) is 12.6. The number of urea groups is 1. The van der Waals surface area contributed by atoms with Gasteiger partial charge in [-0.25, -0.2) is 18.4 Å². The molecule has 2 amide bonds. The molecule has 10 heteroatoms. The number of carbonyl (C=O) groups excluding carboxylic acids is 1. The second-order valence-electron chi connectivity index (χ2n) is 3.90. The molecule has 0 fully saturated rings. The van der Waals surface area contributed by atoms with Gasteiger partial charge in [-0.3, -0.25) is 0 Å². The van der Waals surface area contributed by atoms with E-state index in [4.69, 9.17) is 26.6 Å². The lowest BCUT2D eigenvalue weighted by atomic mass is 10.3. The van der Waals surface area contributed by atoms with Crippen LogP contribution in [0.4, 0.5) is 10.5 Å². The summed E-state index contributed by atoms with van der Waals surface area (Å²) >= 11 is 5.86. The number of hydrogen-bond donors (Lipinski definition) is 4. The van der Waals surface area contributed by atoms with Crippen LogP contribution >= 0.6 is 11.6 Å². The van der Waals surface area contributed by atoms with Crippen molar-refractivity contribution < 1.29 is 23.1 Å². The van der Waals surface area contributed by atoms with Crippen molar-refractivity contribution in [1.29, 1.82) is 0 Å². The van der Waals surface area contributed by atoms with Gasteiger partial charge in [0.05, 0.1) is 35.4 Å². The molecule has 118 valence electrons. The van der Waals surface area contributed by atoms with E-state index in [0.717, 1.165) is 0 Å². The molecule has 8 nitrogen and oxygen atoms in total. The van der Waals surface area contributed by atoms with E-state index in [1.54, 1.807) is 0 Å². The van der Waals surface area contributed by atoms with Gasteiger partial charge in [0.1, 0.15) is 0 Å². The van der Waals surface area contributed by atoms with Gasteiger partial charge in [-0.15, -0.1) is 0 Å². The number of nitrogens with two attached hydrogens (primary N) is 1. The van der Waals surface area contributed by atoms with Crippen molar-refractivity contribution in [2.45, 2.75) is 4.90 Å². The number of carbonyl (C=O) groups is 1. The molecule has 0 bridgehead atoms. The van der Waals surface area contributed by atoms with Crippen molar-refractivity contribution >= 4 is 33.3 Å². The Bertz CT molecular complexity index is 594. The number of ether oxygens (including phenoxy) is 1. The smallest absolute Gasteiger partial charge is 0.319 e. The summed E-state index contributed by atoms with van der Waals surface area (Å²) in [6.07, 6.45) is 0. The highest BCUT2D eigenvalue weighted by molar-refractivity contribution is 7.89. The maximum Gasteiger partial charge on any atom is 0.319 e. The van der Waals surface area contributed by atoms with E-state index < -0.39 is 16.1 Å². The van der Waals surface area contributed by atoms with E-state index in [9.17, 15) is 13.2 Å². The van der Waals surface area contributed by atoms with Crippen molar-refractivity contribution in [2.75, 3.05) is 31.7 Å². The van der Waals surface area contributed by atoms with E-state index in [1.807, 2.05) is 0 Å². The number of nitrogens with one attached hydrogen (secondary N) is 2. The van der Waals surface area contributed by atoms with Crippen LogP contribution in [0.15, 0.2) is 23.1 Å². The van der Waals surface area contributed by atoms with Crippen molar-refractivity contribution in [2.24, 2.45) is 5.14 Å². The average molecular weight is 338 g/mol. The Morgan fingerprint density at radius 2 is 2.10 bits per heavy atom. The number of anilines is 1. The second-order valence-corrected chi connectivity index (χ2v) is 5.87. The number of benzene rings is 1. The molecule has 0 heterocycles. The molecular formula is C11H16ClN3O5S. The Morgan fingerprint density at radius 3 is 2.71 bits per heavy atom. The van der Waals surface area contributed by atoms with E-state index in [-0.39, 0.29) is 42.0 Å². The first kappa shape index (κ1) is 17.7. The number of amides is 2. The van der Waals surface area contributed by atoms with Crippen molar-refractivity contribution in [3.8, 4) is 0 Å². The monoisotopic (exact) mass is 337 g/mol. The molecular weight excluding hydrogens is 322 g/mol. The van der Waals surface area contributed by atoms with E-state index in [2.05, 4.69) is 10.6 Å². The summed E-state index contributed by atoms with van der Waals surface area (Å²) in [4.78, 5) is 11.4. The Kier molecular flexibility index (Phi) is 6.85. The summed E-state index contributed by atoms with van der Waals surface area (Å²) in [5, 5.41) is 18.6. The van der Waals surface area contributed by atoms with Crippen LogP contribution in [-0.4, -0.2) is 45.9 Å². The van der Waals surface area contributed by atoms with Crippen molar-refractivity contribution in [3.05, 3.63) is 23.2 Å². The molecule has 0 radical (unpaired) electrons. The SMILES string of the molecule is NS(=O)(=O)c1ccc(Cl)c(NC(=O)NCCOCCO)c1. The van der Waals surface area contributed by atoms with E-state index >= 15 is 0 Å². The normalized spacial score (nSPS) is 11.2. The minimum absolute atomic E-state index is 0.0951. The lowest BCUT2D eigenvalue weighted by Gasteiger charge is -2.10. The number of halogens is 1. The standard InChI is InChI=1S/C11H16ClN3O5S/c12-9-2-1-8(21(13,18)19)7-10(9)15-11(17)14-3-5-20-6-4-16/h1-2,7,16H,3-6H2,(H2,13,18,19)(H2,14,15,17). The summed E-state index contributed by atoms with van der Waals surface area (Å²) in [5.74, 6) is 0. The minimum atomic E-state index is -3.88. The molecule has 0 aliphatic carbocycles. The molecule has 1 aromatic rings. The van der Waals surface area contributed by atoms with Crippen LogP contribution < -0.4 is 15.8 Å². The lowest BCUT2D eigenvalue weighted by Crippen LogP contribution is -2.32. The van der Waals surface area contributed by atoms with Crippen LogP contribution in [0.1, 0.15) is 0 Å². The zero-order chi connectivity index (χ0) is 15.9. The van der Waals surface area contributed by atoms with Gasteiger partial charge in [-0.1, -0.05) is 11.6 Å². The van der Waals surface area contributed by atoms with E-state index in [1.165, 1.54) is 18.2 Å². The van der Waals surface area contributed by atoms with Crippen LogP contribution in [-0.2, 0) is 14.8 Å². The predicted octanol–water partition coefficient (Wildman–Crippen LogP) is 0.118. The van der Waals surface area contributed by atoms with Gasteiger partial charge in [0, 0.05) is 6.54 Å². The largest absolute Gasteiger partial charge is 0.394 e. The van der Waals surface area contributed by atoms with Gasteiger partial charge in [0.2, 0.25) is 10.0 Å². The Balaban J connectivity index is 2.59. The quantitative estimate of drug-likeness (QED) is 0.525.